The van der Waals surface area contributed by atoms with Crippen LogP contribution in [0.25, 0.3) is 22.5 Å². The average molecular weight is 437 g/mol. The fourth-order valence-electron chi connectivity index (χ4n) is 2.97. The van der Waals surface area contributed by atoms with Crippen molar-refractivity contribution in [1.29, 1.82) is 0 Å². The summed E-state index contributed by atoms with van der Waals surface area (Å²) in [5.74, 6) is 2.79. The molecule has 0 spiro atoms. The second-order valence-corrected chi connectivity index (χ2v) is 7.95. The van der Waals surface area contributed by atoms with Gasteiger partial charge in [-0.15, -0.1) is 0 Å². The maximum absolute atomic E-state index is 8.74. The van der Waals surface area contributed by atoms with Crippen molar-refractivity contribution in [2.45, 2.75) is 11.7 Å². The summed E-state index contributed by atoms with van der Waals surface area (Å²) < 4.78 is 44.4. The molecule has 1 aromatic heterocycles. The Morgan fingerprint density at radius 3 is 1.90 bits per heavy atom. The molecule has 154 valence electrons. The molecule has 0 amide bonds. The van der Waals surface area contributed by atoms with E-state index in [9.17, 15) is 0 Å². The van der Waals surface area contributed by atoms with Crippen LogP contribution >= 0.6 is 11.8 Å². The van der Waals surface area contributed by atoms with Crippen LogP contribution in [0.5, 0.6) is 11.5 Å². The number of ether oxygens (including phenoxy) is 2. The molecule has 0 radical (unpaired) electrons. The van der Waals surface area contributed by atoms with Crippen molar-refractivity contribution in [2.24, 2.45) is 0 Å². The van der Waals surface area contributed by atoms with Crippen LogP contribution in [0.3, 0.4) is 0 Å². The highest BCUT2D eigenvalue weighted by Crippen LogP contribution is 2.39. The first-order chi connectivity index (χ1) is 13.8. The summed E-state index contributed by atoms with van der Waals surface area (Å²) in [5, 5.41) is 1.09. The van der Waals surface area contributed by atoms with E-state index in [1.165, 1.54) is 5.69 Å². The Labute approximate surface area is 173 Å². The van der Waals surface area contributed by atoms with Gasteiger partial charge in [0.25, 0.3) is 0 Å². The standard InChI is InChI=1S/C19H18N2O2S.H2O4S/c1-22-15-7-3-13(4-8-15)17-18(21-11-12-24-19(21)20-17)14-5-9-16(23-2)10-6-14;1-5(2,3)4/h3-10H,11-12H2,1-2H3;(H2,1,2,3,4). The molecule has 2 heterocycles. The molecule has 2 aromatic carbocycles. The monoisotopic (exact) mass is 436 g/mol. The summed E-state index contributed by atoms with van der Waals surface area (Å²) in [6.45, 7) is 0.991. The van der Waals surface area contributed by atoms with Gasteiger partial charge >= 0.3 is 10.4 Å². The van der Waals surface area contributed by atoms with Gasteiger partial charge in [-0.05, 0) is 48.5 Å². The smallest absolute Gasteiger partial charge is 0.394 e. The average Bonchev–Trinajstić information content (AvgIpc) is 3.28. The summed E-state index contributed by atoms with van der Waals surface area (Å²) in [5.41, 5.74) is 4.44. The van der Waals surface area contributed by atoms with Gasteiger partial charge in [0.05, 0.1) is 25.6 Å². The highest BCUT2D eigenvalue weighted by Gasteiger charge is 2.23. The van der Waals surface area contributed by atoms with Gasteiger partial charge in [0.15, 0.2) is 5.16 Å². The lowest BCUT2D eigenvalue weighted by molar-refractivity contribution is 0.381. The van der Waals surface area contributed by atoms with Crippen LogP contribution in [0.2, 0.25) is 0 Å². The fourth-order valence-corrected chi connectivity index (χ4v) is 3.92. The van der Waals surface area contributed by atoms with E-state index < -0.39 is 10.4 Å². The second-order valence-electron chi connectivity index (χ2n) is 6.00. The molecule has 2 N–H and O–H groups in total. The van der Waals surface area contributed by atoms with Crippen molar-refractivity contribution in [2.75, 3.05) is 20.0 Å². The summed E-state index contributed by atoms with van der Waals surface area (Å²) in [6, 6.07) is 16.3. The lowest BCUT2D eigenvalue weighted by Crippen LogP contribution is -1.97. The summed E-state index contributed by atoms with van der Waals surface area (Å²) in [4.78, 5) is 4.89. The molecular weight excluding hydrogens is 416 g/mol. The Hall–Kier alpha value is -2.53. The first-order valence-electron chi connectivity index (χ1n) is 8.52. The van der Waals surface area contributed by atoms with Crippen LogP contribution in [0.4, 0.5) is 0 Å². The molecule has 29 heavy (non-hydrogen) atoms. The maximum atomic E-state index is 8.74. The summed E-state index contributed by atoms with van der Waals surface area (Å²) >= 11 is 1.81. The highest BCUT2D eigenvalue weighted by molar-refractivity contribution is 7.99. The Balaban J connectivity index is 0.000000431. The van der Waals surface area contributed by atoms with Crippen molar-refractivity contribution >= 4 is 22.2 Å². The fraction of sp³-hybridized carbons (Fsp3) is 0.211. The Bertz CT molecular complexity index is 1070. The van der Waals surface area contributed by atoms with E-state index in [2.05, 4.69) is 28.8 Å². The Morgan fingerprint density at radius 1 is 0.931 bits per heavy atom. The molecule has 8 nitrogen and oxygen atoms in total. The van der Waals surface area contributed by atoms with Gasteiger partial charge in [-0.3, -0.25) is 9.11 Å². The van der Waals surface area contributed by atoms with E-state index in [0.29, 0.717) is 0 Å². The number of nitrogens with zero attached hydrogens (tertiary/aromatic N) is 2. The van der Waals surface area contributed by atoms with E-state index in [1.807, 2.05) is 36.0 Å². The SMILES string of the molecule is COc1ccc(-c2nc3n(c2-c2ccc(OC)cc2)CCS3)cc1.O=S(=O)(O)O. The predicted octanol–water partition coefficient (Wildman–Crippen LogP) is 3.69. The molecule has 0 saturated heterocycles. The number of hydrogen-bond donors (Lipinski definition) is 2. The molecule has 1 aliphatic heterocycles. The zero-order valence-electron chi connectivity index (χ0n) is 15.8. The zero-order valence-corrected chi connectivity index (χ0v) is 17.4. The topological polar surface area (TPSA) is 111 Å². The van der Waals surface area contributed by atoms with Crippen molar-refractivity contribution in [3.05, 3.63) is 48.5 Å². The lowest BCUT2D eigenvalue weighted by Gasteiger charge is -2.09. The molecule has 0 aliphatic carbocycles. The number of aromatic nitrogens is 2. The molecule has 1 aliphatic rings. The second kappa shape index (κ2) is 8.87. The van der Waals surface area contributed by atoms with E-state index >= 15 is 0 Å². The molecule has 0 unspecified atom stereocenters. The summed E-state index contributed by atoms with van der Waals surface area (Å²) in [6.07, 6.45) is 0. The number of methoxy groups -OCH3 is 2. The minimum absolute atomic E-state index is 0.853. The largest absolute Gasteiger partial charge is 0.497 e. The number of thioether (sulfide) groups is 1. The molecule has 10 heteroatoms. The van der Waals surface area contributed by atoms with Crippen LogP contribution < -0.4 is 9.47 Å². The van der Waals surface area contributed by atoms with Crippen LogP contribution in [-0.4, -0.2) is 47.0 Å². The van der Waals surface area contributed by atoms with Crippen molar-refractivity contribution in [3.8, 4) is 34.0 Å². The molecular formula is C19H20N2O6S2. The van der Waals surface area contributed by atoms with Crippen molar-refractivity contribution in [1.82, 2.24) is 9.55 Å². The first-order valence-corrected chi connectivity index (χ1v) is 10.9. The minimum atomic E-state index is -4.67. The molecule has 3 aromatic rings. The normalized spacial score (nSPS) is 12.7. The van der Waals surface area contributed by atoms with Gasteiger partial charge < -0.3 is 14.0 Å². The third-order valence-electron chi connectivity index (χ3n) is 4.21. The zero-order chi connectivity index (χ0) is 21.0. The Morgan fingerprint density at radius 2 is 1.41 bits per heavy atom. The van der Waals surface area contributed by atoms with Gasteiger partial charge in [-0.25, -0.2) is 4.98 Å². The van der Waals surface area contributed by atoms with Gasteiger partial charge in [-0.2, -0.15) is 8.42 Å². The number of rotatable bonds is 4. The third-order valence-corrected chi connectivity index (χ3v) is 5.16. The van der Waals surface area contributed by atoms with Gasteiger partial charge in [0.1, 0.15) is 11.5 Å². The van der Waals surface area contributed by atoms with Crippen LogP contribution in [-0.2, 0) is 16.9 Å². The van der Waals surface area contributed by atoms with Crippen molar-refractivity contribution < 1.29 is 27.0 Å². The van der Waals surface area contributed by atoms with Gasteiger partial charge in [0, 0.05) is 23.4 Å². The quantitative estimate of drug-likeness (QED) is 0.596. The lowest BCUT2D eigenvalue weighted by atomic mass is 10.0. The van der Waals surface area contributed by atoms with Crippen LogP contribution in [0, 0.1) is 0 Å². The summed E-state index contributed by atoms with van der Waals surface area (Å²) in [7, 11) is -1.30. The minimum Gasteiger partial charge on any atom is -0.497 e. The molecule has 4 rings (SSSR count). The Kier molecular flexibility index (Phi) is 6.48. The van der Waals surface area contributed by atoms with Gasteiger partial charge in [-0.1, -0.05) is 11.8 Å². The van der Waals surface area contributed by atoms with E-state index in [4.69, 9.17) is 32.0 Å². The molecule has 0 atom stereocenters. The third kappa shape index (κ3) is 5.30. The molecule has 0 fully saturated rings. The van der Waals surface area contributed by atoms with E-state index in [1.54, 1.807) is 14.2 Å². The van der Waals surface area contributed by atoms with Crippen molar-refractivity contribution in [3.63, 3.8) is 0 Å². The predicted molar refractivity (Wildman–Crippen MR) is 111 cm³/mol. The molecule has 0 saturated carbocycles. The van der Waals surface area contributed by atoms with E-state index in [0.717, 1.165) is 45.8 Å². The number of imidazole rings is 1. The van der Waals surface area contributed by atoms with Crippen LogP contribution in [0.15, 0.2) is 53.7 Å². The number of fused-ring (bicyclic) bond motifs is 1. The maximum Gasteiger partial charge on any atom is 0.394 e. The van der Waals surface area contributed by atoms with Gasteiger partial charge in [0.2, 0.25) is 0 Å². The van der Waals surface area contributed by atoms with Crippen LogP contribution in [0.1, 0.15) is 0 Å². The molecule has 0 bridgehead atoms. The van der Waals surface area contributed by atoms with E-state index in [-0.39, 0.29) is 0 Å². The number of benzene rings is 2. The number of hydrogen-bond acceptors (Lipinski definition) is 6. The highest BCUT2D eigenvalue weighted by atomic mass is 32.3. The first kappa shape index (κ1) is 21.2.